The predicted octanol–water partition coefficient (Wildman–Crippen LogP) is 6.64. The Hall–Kier alpha value is -2.19. The minimum absolute atomic E-state index is 0.0400. The maximum absolute atomic E-state index is 16.1. The molecule has 6 nitrogen and oxygen atoms in total. The molecule has 1 heterocycles. The van der Waals surface area contributed by atoms with Gasteiger partial charge in [0.25, 0.3) is 0 Å². The van der Waals surface area contributed by atoms with Gasteiger partial charge in [0.1, 0.15) is 12.1 Å². The standard InChI is InChI=1S/C32H40Cl2FN3O3/c1-36-26-17-21(33)11-14-24(26)32(19-39)28(23-7-6-8-25(34)29(23)35)27(38(2)31(32)15-4-3-5-16-31)18-37-22-12-9-20(10-13-22)30(40)41/h6-8,11,14,17,19-20,22,27-28,36-37H,3-5,9-10,12-13,15-16,18H2,1-2H3,(H,40,41)/t20?,22?,27?,28-,32?/m0/s1. The van der Waals surface area contributed by atoms with E-state index in [9.17, 15) is 14.7 Å². The van der Waals surface area contributed by atoms with Crippen molar-refractivity contribution in [2.45, 2.75) is 86.7 Å². The normalized spacial score (nSPS) is 29.9. The van der Waals surface area contributed by atoms with E-state index in [0.717, 1.165) is 62.5 Å². The molecule has 1 saturated heterocycles. The van der Waals surface area contributed by atoms with E-state index in [1.54, 1.807) is 18.2 Å². The molecular weight excluding hydrogens is 564 g/mol. The van der Waals surface area contributed by atoms with Crippen LogP contribution in [0, 0.1) is 11.7 Å². The smallest absolute Gasteiger partial charge is 0.306 e. The lowest BCUT2D eigenvalue weighted by Gasteiger charge is -2.51. The fourth-order valence-corrected chi connectivity index (χ4v) is 8.73. The lowest BCUT2D eigenvalue weighted by Crippen LogP contribution is -2.58. The van der Waals surface area contributed by atoms with Gasteiger partial charge in [0.05, 0.1) is 16.4 Å². The molecule has 0 aromatic heterocycles. The number of hydrogen-bond donors (Lipinski definition) is 3. The van der Waals surface area contributed by atoms with Gasteiger partial charge >= 0.3 is 5.97 Å². The topological polar surface area (TPSA) is 81.7 Å². The molecule has 0 amide bonds. The summed E-state index contributed by atoms with van der Waals surface area (Å²) < 4.78 is 16.1. The van der Waals surface area contributed by atoms with Crippen molar-refractivity contribution >= 4 is 41.1 Å². The number of rotatable bonds is 8. The van der Waals surface area contributed by atoms with Crippen molar-refractivity contribution < 1.29 is 19.1 Å². The van der Waals surface area contributed by atoms with Gasteiger partial charge < -0.3 is 20.5 Å². The second kappa shape index (κ2) is 12.2. The predicted molar refractivity (Wildman–Crippen MR) is 162 cm³/mol. The molecule has 222 valence electrons. The number of carboxylic acids is 1. The van der Waals surface area contributed by atoms with Crippen molar-refractivity contribution in [1.29, 1.82) is 0 Å². The lowest BCUT2D eigenvalue weighted by molar-refractivity contribution is -0.142. The van der Waals surface area contributed by atoms with E-state index >= 15 is 4.39 Å². The number of anilines is 1. The first-order valence-corrected chi connectivity index (χ1v) is 15.5. The average molecular weight is 605 g/mol. The van der Waals surface area contributed by atoms with Crippen LogP contribution in [0.4, 0.5) is 10.1 Å². The molecule has 3 aliphatic rings. The van der Waals surface area contributed by atoms with Gasteiger partial charge in [0, 0.05) is 47.8 Å². The van der Waals surface area contributed by atoms with Gasteiger partial charge in [0.15, 0.2) is 0 Å². The number of hydrogen-bond acceptors (Lipinski definition) is 5. The minimum atomic E-state index is -1.08. The molecule has 1 aliphatic heterocycles. The molecule has 5 rings (SSSR count). The van der Waals surface area contributed by atoms with Crippen molar-refractivity contribution in [1.82, 2.24) is 10.2 Å². The van der Waals surface area contributed by atoms with E-state index in [-0.39, 0.29) is 23.0 Å². The number of aldehydes is 1. The first-order valence-electron chi connectivity index (χ1n) is 14.8. The molecule has 2 aliphatic carbocycles. The van der Waals surface area contributed by atoms with E-state index in [1.165, 1.54) is 0 Å². The van der Waals surface area contributed by atoms with Crippen LogP contribution >= 0.6 is 23.2 Å². The van der Waals surface area contributed by atoms with Crippen molar-refractivity contribution in [2.24, 2.45) is 5.92 Å². The first-order chi connectivity index (χ1) is 19.7. The summed E-state index contributed by atoms with van der Waals surface area (Å²) in [6, 6.07) is 10.6. The molecule has 41 heavy (non-hydrogen) atoms. The largest absolute Gasteiger partial charge is 0.481 e. The Labute approximate surface area is 252 Å². The molecule has 2 saturated carbocycles. The quantitative estimate of drug-likeness (QED) is 0.293. The van der Waals surface area contributed by atoms with E-state index in [1.807, 2.05) is 25.2 Å². The zero-order valence-corrected chi connectivity index (χ0v) is 25.3. The number of carboxylic acid groups (broad SMARTS) is 1. The molecule has 2 aromatic carbocycles. The van der Waals surface area contributed by atoms with Gasteiger partial charge in [-0.3, -0.25) is 9.69 Å². The van der Waals surface area contributed by atoms with Gasteiger partial charge in [-0.25, -0.2) is 4.39 Å². The third-order valence-electron chi connectivity index (χ3n) is 10.4. The van der Waals surface area contributed by atoms with Crippen LogP contribution in [0.2, 0.25) is 10.0 Å². The summed E-state index contributed by atoms with van der Waals surface area (Å²) in [5, 5.41) is 17.0. The highest BCUT2D eigenvalue weighted by Gasteiger charge is 2.68. The highest BCUT2D eigenvalue weighted by Crippen LogP contribution is 2.62. The molecule has 1 spiro atoms. The highest BCUT2D eigenvalue weighted by atomic mass is 35.5. The van der Waals surface area contributed by atoms with Crippen molar-refractivity contribution in [2.75, 3.05) is 26.0 Å². The van der Waals surface area contributed by atoms with Crippen LogP contribution in [0.25, 0.3) is 0 Å². The Morgan fingerprint density at radius 2 is 1.83 bits per heavy atom. The molecule has 2 unspecified atom stereocenters. The van der Waals surface area contributed by atoms with E-state index in [2.05, 4.69) is 22.6 Å². The number of benzene rings is 2. The van der Waals surface area contributed by atoms with Crippen LogP contribution in [-0.4, -0.2) is 60.5 Å². The van der Waals surface area contributed by atoms with Gasteiger partial charge in [-0.1, -0.05) is 60.7 Å². The van der Waals surface area contributed by atoms with E-state index in [0.29, 0.717) is 30.0 Å². The van der Waals surface area contributed by atoms with Crippen LogP contribution < -0.4 is 10.6 Å². The molecule has 2 aromatic rings. The Kier molecular flexibility index (Phi) is 9.01. The molecule has 3 atom stereocenters. The summed E-state index contributed by atoms with van der Waals surface area (Å²) in [7, 11) is 3.91. The lowest BCUT2D eigenvalue weighted by atomic mass is 9.55. The van der Waals surface area contributed by atoms with Crippen LogP contribution in [0.15, 0.2) is 36.4 Å². The summed E-state index contributed by atoms with van der Waals surface area (Å²) in [4.78, 5) is 27.8. The number of carbonyl (C=O) groups excluding carboxylic acids is 1. The minimum Gasteiger partial charge on any atom is -0.481 e. The van der Waals surface area contributed by atoms with Crippen molar-refractivity contribution in [3.63, 3.8) is 0 Å². The number of likely N-dealkylation sites (tertiary alicyclic amines) is 1. The maximum Gasteiger partial charge on any atom is 0.306 e. The first kappa shape index (κ1) is 30.3. The zero-order chi connectivity index (χ0) is 29.4. The van der Waals surface area contributed by atoms with Gasteiger partial charge in [-0.05, 0) is 74.9 Å². The summed E-state index contributed by atoms with van der Waals surface area (Å²) in [5.41, 5.74) is 0.401. The van der Waals surface area contributed by atoms with Gasteiger partial charge in [-0.2, -0.15) is 0 Å². The molecule has 0 bridgehead atoms. The number of aliphatic carboxylic acids is 1. The second-order valence-electron chi connectivity index (χ2n) is 12.1. The van der Waals surface area contributed by atoms with E-state index < -0.39 is 28.7 Å². The number of nitrogens with one attached hydrogen (secondary N) is 2. The highest BCUT2D eigenvalue weighted by molar-refractivity contribution is 6.31. The molecule has 0 radical (unpaired) electrons. The Morgan fingerprint density at radius 3 is 2.46 bits per heavy atom. The summed E-state index contributed by atoms with van der Waals surface area (Å²) in [5.74, 6) is -2.04. The summed E-state index contributed by atoms with van der Waals surface area (Å²) >= 11 is 12.8. The molecular formula is C32H40Cl2FN3O3. The number of likely N-dealkylation sites (N-methyl/N-ethyl adjacent to an activating group) is 1. The Balaban J connectivity index is 1.66. The molecule has 3 N–H and O–H groups in total. The fraction of sp³-hybridized carbons (Fsp3) is 0.562. The third-order valence-corrected chi connectivity index (χ3v) is 10.9. The van der Waals surface area contributed by atoms with Crippen molar-refractivity contribution in [3.8, 4) is 0 Å². The van der Waals surface area contributed by atoms with Gasteiger partial charge in [0.2, 0.25) is 0 Å². The Bertz CT molecular complexity index is 1280. The van der Waals surface area contributed by atoms with Gasteiger partial charge in [-0.15, -0.1) is 0 Å². The molecule has 3 fully saturated rings. The monoisotopic (exact) mass is 603 g/mol. The van der Waals surface area contributed by atoms with Crippen LogP contribution in [-0.2, 0) is 15.0 Å². The molecule has 9 heteroatoms. The number of nitrogens with zero attached hydrogens (tertiary/aromatic N) is 1. The van der Waals surface area contributed by atoms with E-state index in [4.69, 9.17) is 23.2 Å². The number of halogens is 3. The van der Waals surface area contributed by atoms with Crippen LogP contribution in [0.3, 0.4) is 0 Å². The second-order valence-corrected chi connectivity index (χ2v) is 13.0. The van der Waals surface area contributed by atoms with Crippen molar-refractivity contribution in [3.05, 3.63) is 63.4 Å². The van der Waals surface area contributed by atoms with Crippen LogP contribution in [0.5, 0.6) is 0 Å². The third kappa shape index (κ3) is 5.07. The maximum atomic E-state index is 16.1. The SMILES string of the molecule is CNc1cc(Cl)ccc1C1(C=O)[C@@H](c2cccc(Cl)c2F)C(CNC2CCC(C(=O)O)CC2)N(C)C12CCCCC2. The summed E-state index contributed by atoms with van der Waals surface area (Å²) in [6.45, 7) is 0.537. The average Bonchev–Trinajstić information content (AvgIpc) is 3.17. The van der Waals surface area contributed by atoms with Crippen LogP contribution in [0.1, 0.15) is 74.8 Å². The summed E-state index contributed by atoms with van der Waals surface area (Å²) in [6.07, 6.45) is 8.58. The Morgan fingerprint density at radius 1 is 1.12 bits per heavy atom. The fourth-order valence-electron chi connectivity index (χ4n) is 8.38. The zero-order valence-electron chi connectivity index (χ0n) is 23.8. The number of carbonyl (C=O) groups is 2.